The molecule has 0 atom stereocenters. The molecule has 0 amide bonds. The van der Waals surface area contributed by atoms with Crippen LogP contribution in [0.2, 0.25) is 0 Å². The zero-order valence-electron chi connectivity index (χ0n) is 14.3. The molecule has 3 aromatic rings. The Morgan fingerprint density at radius 1 is 0.889 bits per heavy atom. The lowest BCUT2D eigenvalue weighted by Gasteiger charge is -2.06. The average molecular weight is 371 g/mol. The largest absolute Gasteiger partial charge is 0.282 e. The average Bonchev–Trinajstić information content (AvgIpc) is 2.74. The van der Waals surface area contributed by atoms with Gasteiger partial charge < -0.3 is 0 Å². The first kappa shape index (κ1) is 18.2. The molecule has 0 aromatic heterocycles. The molecule has 3 rings (SSSR count). The van der Waals surface area contributed by atoms with Crippen molar-refractivity contribution in [2.45, 2.75) is 0 Å². The molecule has 4 nitrogen and oxygen atoms in total. The zero-order valence-corrected chi connectivity index (χ0v) is 15.1. The van der Waals surface area contributed by atoms with Gasteiger partial charge in [-0.1, -0.05) is 72.3 Å². The second-order valence-electron chi connectivity index (χ2n) is 5.65. The molecule has 0 unspecified atom stereocenters. The van der Waals surface area contributed by atoms with Crippen LogP contribution in [-0.4, -0.2) is 17.3 Å². The number of rotatable bonds is 3. The first-order chi connectivity index (χ1) is 13.2. The molecule has 0 spiro atoms. The molecule has 5 heteroatoms. The molecule has 130 valence electrons. The number of aliphatic imine (C=N–C) groups is 2. The van der Waals surface area contributed by atoms with Crippen LogP contribution in [-0.2, 0) is 0 Å². The predicted molar refractivity (Wildman–Crippen MR) is 111 cm³/mol. The Bertz CT molecular complexity index is 1050. The van der Waals surface area contributed by atoms with Crippen LogP contribution in [0, 0.1) is 16.7 Å². The summed E-state index contributed by atoms with van der Waals surface area (Å²) in [4.78, 5) is 8.42. The smallest absolute Gasteiger partial charge is 0.162 e. The maximum Gasteiger partial charge on any atom is 0.162 e. The Labute approximate surface area is 162 Å². The lowest BCUT2D eigenvalue weighted by atomic mass is 10.0. The van der Waals surface area contributed by atoms with Crippen LogP contribution in [0.4, 0.5) is 0 Å². The molecule has 3 aromatic carbocycles. The van der Waals surface area contributed by atoms with Gasteiger partial charge in [-0.15, -0.1) is 0 Å². The lowest BCUT2D eigenvalue weighted by Crippen LogP contribution is -2.04. The molecule has 0 radical (unpaired) electrons. The van der Waals surface area contributed by atoms with Crippen molar-refractivity contribution in [2.24, 2.45) is 9.98 Å². The topological polar surface area (TPSA) is 72.4 Å². The number of hydrogen-bond donors (Lipinski definition) is 1. The van der Waals surface area contributed by atoms with Crippen LogP contribution in [0.25, 0.3) is 11.1 Å². The Hall–Kier alpha value is -3.55. The molecule has 0 fully saturated rings. The molecule has 0 aliphatic rings. The maximum atomic E-state index is 8.92. The second-order valence-corrected chi connectivity index (χ2v) is 5.84. The third kappa shape index (κ3) is 4.55. The van der Waals surface area contributed by atoms with Gasteiger partial charge in [-0.3, -0.25) is 5.41 Å². The van der Waals surface area contributed by atoms with Crippen LogP contribution < -0.4 is 0 Å². The minimum atomic E-state index is 0.0895. The Morgan fingerprint density at radius 3 is 2.26 bits per heavy atom. The first-order valence-corrected chi connectivity index (χ1v) is 8.61. The van der Waals surface area contributed by atoms with Crippen molar-refractivity contribution in [3.8, 4) is 17.2 Å². The van der Waals surface area contributed by atoms with Crippen LogP contribution in [0.3, 0.4) is 0 Å². The molecule has 27 heavy (non-hydrogen) atoms. The van der Waals surface area contributed by atoms with Crippen molar-refractivity contribution in [1.29, 1.82) is 10.7 Å². The molecule has 0 aliphatic carbocycles. The SMILES string of the molecule is N#Cc1ccc(-c2cccc(C(=N)/N=C(\N=C\Cl)c3ccccc3)c2)cc1. The number of nitrogens with one attached hydrogen (secondary N) is 1. The highest BCUT2D eigenvalue weighted by Crippen LogP contribution is 2.21. The molecule has 0 heterocycles. The van der Waals surface area contributed by atoms with Crippen molar-refractivity contribution in [1.82, 2.24) is 0 Å². The van der Waals surface area contributed by atoms with E-state index in [4.69, 9.17) is 22.3 Å². The van der Waals surface area contributed by atoms with E-state index in [-0.39, 0.29) is 5.84 Å². The minimum Gasteiger partial charge on any atom is -0.282 e. The monoisotopic (exact) mass is 370 g/mol. The zero-order chi connectivity index (χ0) is 19.1. The van der Waals surface area contributed by atoms with Crippen molar-refractivity contribution >= 4 is 28.9 Å². The van der Waals surface area contributed by atoms with E-state index in [2.05, 4.69) is 16.1 Å². The van der Waals surface area contributed by atoms with Crippen molar-refractivity contribution in [3.05, 3.63) is 95.6 Å². The van der Waals surface area contributed by atoms with Gasteiger partial charge >= 0.3 is 0 Å². The summed E-state index contributed by atoms with van der Waals surface area (Å²) < 4.78 is 0. The van der Waals surface area contributed by atoms with Gasteiger partial charge in [-0.2, -0.15) is 5.26 Å². The molecular formula is C22H15ClN4. The molecule has 1 N–H and O–H groups in total. The molecular weight excluding hydrogens is 356 g/mol. The van der Waals surface area contributed by atoms with E-state index < -0.39 is 0 Å². The van der Waals surface area contributed by atoms with Crippen LogP contribution in [0.15, 0.2) is 88.8 Å². The highest BCUT2D eigenvalue weighted by molar-refractivity contribution is 6.57. The van der Waals surface area contributed by atoms with E-state index >= 15 is 0 Å². The highest BCUT2D eigenvalue weighted by Gasteiger charge is 2.07. The van der Waals surface area contributed by atoms with Crippen molar-refractivity contribution in [2.75, 3.05) is 0 Å². The van der Waals surface area contributed by atoms with Gasteiger partial charge in [0, 0.05) is 11.1 Å². The third-order valence-corrected chi connectivity index (χ3v) is 4.00. The highest BCUT2D eigenvalue weighted by atomic mass is 35.5. The van der Waals surface area contributed by atoms with E-state index in [1.54, 1.807) is 12.1 Å². The molecule has 0 bridgehead atoms. The predicted octanol–water partition coefficient (Wildman–Crippen LogP) is 5.26. The van der Waals surface area contributed by atoms with Crippen molar-refractivity contribution in [3.63, 3.8) is 0 Å². The maximum absolute atomic E-state index is 8.92. The van der Waals surface area contributed by atoms with Gasteiger partial charge in [0.05, 0.1) is 17.3 Å². The van der Waals surface area contributed by atoms with E-state index in [1.807, 2.05) is 66.7 Å². The number of nitrogens with zero attached hydrogens (tertiary/aromatic N) is 3. The fraction of sp³-hybridized carbons (Fsp3) is 0. The summed E-state index contributed by atoms with van der Waals surface area (Å²) in [6, 6.07) is 26.4. The van der Waals surface area contributed by atoms with Gasteiger partial charge in [0.15, 0.2) is 11.7 Å². The fourth-order valence-corrected chi connectivity index (χ4v) is 2.65. The summed E-state index contributed by atoms with van der Waals surface area (Å²) in [5.74, 6) is 0.464. The van der Waals surface area contributed by atoms with E-state index in [0.29, 0.717) is 17.0 Å². The van der Waals surface area contributed by atoms with E-state index in [1.165, 1.54) is 0 Å². The first-order valence-electron chi connectivity index (χ1n) is 8.17. The minimum absolute atomic E-state index is 0.0895. The van der Waals surface area contributed by atoms with Crippen LogP contribution in [0.1, 0.15) is 16.7 Å². The summed E-state index contributed by atoms with van der Waals surface area (Å²) in [6.45, 7) is 0. The number of amidine groups is 2. The summed E-state index contributed by atoms with van der Waals surface area (Å²) in [6.07, 6.45) is 0. The molecule has 0 saturated carbocycles. The number of hydrogen-bond acceptors (Lipinski definition) is 2. The number of benzene rings is 3. The van der Waals surface area contributed by atoms with Crippen LogP contribution in [0.5, 0.6) is 0 Å². The second kappa shape index (κ2) is 8.70. The molecule has 0 aliphatic heterocycles. The number of nitriles is 1. The Morgan fingerprint density at radius 2 is 1.59 bits per heavy atom. The van der Waals surface area contributed by atoms with Gasteiger partial charge in [-0.05, 0) is 29.3 Å². The van der Waals surface area contributed by atoms with Crippen molar-refractivity contribution < 1.29 is 0 Å². The number of halogens is 1. The summed E-state index contributed by atoms with van der Waals surface area (Å²) in [7, 11) is 0. The van der Waals surface area contributed by atoms with E-state index in [9.17, 15) is 0 Å². The van der Waals surface area contributed by atoms with E-state index in [0.717, 1.165) is 22.4 Å². The van der Waals surface area contributed by atoms with Crippen LogP contribution >= 0.6 is 11.6 Å². The Balaban J connectivity index is 1.93. The summed E-state index contributed by atoms with van der Waals surface area (Å²) in [5, 5.41) is 17.3. The quantitative estimate of drug-likeness (QED) is 0.495. The fourth-order valence-electron chi connectivity index (χ4n) is 2.56. The lowest BCUT2D eigenvalue weighted by molar-refractivity contribution is 1.40. The van der Waals surface area contributed by atoms with Gasteiger partial charge in [0.25, 0.3) is 0 Å². The van der Waals surface area contributed by atoms with Gasteiger partial charge in [0.1, 0.15) is 0 Å². The van der Waals surface area contributed by atoms with Gasteiger partial charge in [-0.25, -0.2) is 9.98 Å². The standard InChI is InChI=1S/C22H15ClN4/c23-15-26-22(18-5-2-1-3-6-18)27-21(25)20-8-4-7-19(13-20)17-11-9-16(14-24)10-12-17/h1-13,15,25H/b25-21?,26-15+,27-22-. The summed E-state index contributed by atoms with van der Waals surface area (Å²) in [5.41, 5.74) is 5.11. The third-order valence-electron chi connectivity index (χ3n) is 3.90. The Kier molecular flexibility index (Phi) is 5.88. The van der Waals surface area contributed by atoms with Gasteiger partial charge in [0.2, 0.25) is 0 Å². The molecule has 0 saturated heterocycles. The normalized spacial score (nSPS) is 11.3. The summed E-state index contributed by atoms with van der Waals surface area (Å²) >= 11 is 5.64.